The molecule has 4 N–H and O–H groups in total. The smallest absolute Gasteiger partial charge is 0.328 e. The first-order chi connectivity index (χ1) is 24.3. The van der Waals surface area contributed by atoms with E-state index in [2.05, 4.69) is 53.3 Å². The van der Waals surface area contributed by atoms with Gasteiger partial charge in [-0.05, 0) is 102 Å². The van der Waals surface area contributed by atoms with Gasteiger partial charge in [-0.25, -0.2) is 19.2 Å². The van der Waals surface area contributed by atoms with Gasteiger partial charge in [-0.15, -0.1) is 0 Å². The average molecular weight is 708 g/mol. The summed E-state index contributed by atoms with van der Waals surface area (Å²) in [5.74, 6) is -2.66. The standard InChI is InChI=1S/C28H37N5O2.2C4H4O4/c1-31(2)18-25-27(34-19-21-4-5-21)11-9-24-26(30-35-28(24)25)10-6-20-12-14-33(15-13-20)17-23-8-7-22(16-29)32(23)3;2*5-3(6)1-2-4(7)8/h7-9,11,20-21H,4-6,10,12-15,17-19H2,1-3H3;2*1-2H,(H,5,6)(H,7,8)/b;2*2-1+. The predicted molar refractivity (Wildman–Crippen MR) is 185 cm³/mol. The maximum absolute atomic E-state index is 9.55. The Labute approximate surface area is 295 Å². The number of nitrogens with zero attached hydrogens (tertiary/aromatic N) is 5. The van der Waals surface area contributed by atoms with E-state index in [1.54, 1.807) is 0 Å². The number of ether oxygens (including phenoxy) is 1. The first-order valence-electron chi connectivity index (χ1n) is 16.5. The number of likely N-dealkylation sites (tertiary alicyclic amines) is 1. The first-order valence-corrected chi connectivity index (χ1v) is 16.5. The minimum atomic E-state index is -1.26. The Balaban J connectivity index is 0.000000366. The number of carbonyl (C=O) groups is 4. The number of fused-ring (bicyclic) bond motifs is 1. The second-order valence-corrected chi connectivity index (χ2v) is 12.7. The van der Waals surface area contributed by atoms with E-state index in [9.17, 15) is 24.4 Å². The Hall–Kier alpha value is -5.46. The number of carboxylic acid groups (broad SMARTS) is 4. The molecular weight excluding hydrogens is 662 g/mol. The van der Waals surface area contributed by atoms with Crippen LogP contribution in [0.4, 0.5) is 0 Å². The highest BCUT2D eigenvalue weighted by Gasteiger charge is 2.25. The molecule has 51 heavy (non-hydrogen) atoms. The Morgan fingerprint density at radius 2 is 1.51 bits per heavy atom. The molecule has 274 valence electrons. The first kappa shape index (κ1) is 40.0. The molecule has 0 atom stereocenters. The van der Waals surface area contributed by atoms with Crippen LogP contribution in [0, 0.1) is 23.2 Å². The van der Waals surface area contributed by atoms with Crippen LogP contribution in [0.1, 0.15) is 54.7 Å². The SMILES string of the molecule is CN(C)Cc1c(OCC2CC2)ccc2c(CCC3CCN(Cc4ccc(C#N)n4C)CC3)noc12.O=C(O)/C=C/C(=O)O.O=C(O)/C=C/C(=O)O. The second-order valence-electron chi connectivity index (χ2n) is 12.7. The summed E-state index contributed by atoms with van der Waals surface area (Å²) in [4.78, 5) is 42.9. The highest BCUT2D eigenvalue weighted by molar-refractivity contribution is 5.90. The van der Waals surface area contributed by atoms with Crippen molar-refractivity contribution in [2.75, 3.05) is 33.8 Å². The van der Waals surface area contributed by atoms with Crippen LogP contribution in [0.5, 0.6) is 5.75 Å². The highest BCUT2D eigenvalue weighted by Crippen LogP contribution is 2.35. The molecule has 0 bridgehead atoms. The van der Waals surface area contributed by atoms with Crippen LogP contribution in [-0.2, 0) is 45.7 Å². The van der Waals surface area contributed by atoms with Crippen LogP contribution in [0.15, 0.2) is 53.1 Å². The van der Waals surface area contributed by atoms with Crippen LogP contribution in [0.25, 0.3) is 11.0 Å². The summed E-state index contributed by atoms with van der Waals surface area (Å²) >= 11 is 0. The van der Waals surface area contributed by atoms with E-state index in [0.29, 0.717) is 30.2 Å². The van der Waals surface area contributed by atoms with Crippen LogP contribution >= 0.6 is 0 Å². The molecule has 3 aromatic rings. The van der Waals surface area contributed by atoms with E-state index in [-0.39, 0.29) is 0 Å². The van der Waals surface area contributed by atoms with Gasteiger partial charge in [0.1, 0.15) is 17.5 Å². The predicted octanol–water partition coefficient (Wildman–Crippen LogP) is 4.16. The summed E-state index contributed by atoms with van der Waals surface area (Å²) in [5.41, 5.74) is 5.01. The molecule has 1 aromatic carbocycles. The van der Waals surface area contributed by atoms with Crippen molar-refractivity contribution in [2.45, 2.75) is 51.6 Å². The number of aliphatic carboxylic acids is 4. The zero-order valence-electron chi connectivity index (χ0n) is 29.0. The van der Waals surface area contributed by atoms with Gasteiger partial charge < -0.3 is 39.2 Å². The Morgan fingerprint density at radius 3 is 2.00 bits per heavy atom. The molecular formula is C36H45N5O10. The van der Waals surface area contributed by atoms with Crippen LogP contribution in [0.2, 0.25) is 0 Å². The number of piperidine rings is 1. The zero-order valence-corrected chi connectivity index (χ0v) is 29.0. The minimum absolute atomic E-state index is 0.558. The van der Waals surface area contributed by atoms with Crippen molar-refractivity contribution in [3.8, 4) is 11.8 Å². The molecule has 0 amide bonds. The number of nitriles is 1. The molecule has 1 saturated carbocycles. The van der Waals surface area contributed by atoms with Gasteiger partial charge in [0.15, 0.2) is 5.58 Å². The lowest BCUT2D eigenvalue weighted by atomic mass is 9.91. The third-order valence-corrected chi connectivity index (χ3v) is 8.38. The Kier molecular flexibility index (Phi) is 15.4. The van der Waals surface area contributed by atoms with Gasteiger partial charge in [0.25, 0.3) is 0 Å². The normalized spacial score (nSPS) is 14.9. The molecule has 2 aromatic heterocycles. The van der Waals surface area contributed by atoms with Crippen molar-refractivity contribution in [3.05, 3.63) is 71.2 Å². The van der Waals surface area contributed by atoms with E-state index in [1.807, 2.05) is 17.7 Å². The van der Waals surface area contributed by atoms with Crippen molar-refractivity contribution < 1.29 is 48.9 Å². The molecule has 0 radical (unpaired) electrons. The lowest BCUT2D eigenvalue weighted by Gasteiger charge is -2.32. The molecule has 15 heteroatoms. The molecule has 2 aliphatic rings. The van der Waals surface area contributed by atoms with Crippen LogP contribution < -0.4 is 4.74 Å². The third kappa shape index (κ3) is 13.8. The molecule has 3 heterocycles. The third-order valence-electron chi connectivity index (χ3n) is 8.38. The molecule has 0 spiro atoms. The fourth-order valence-corrected chi connectivity index (χ4v) is 5.48. The van der Waals surface area contributed by atoms with Gasteiger partial charge in [-0.1, -0.05) is 5.16 Å². The van der Waals surface area contributed by atoms with Gasteiger partial charge in [0, 0.05) is 55.5 Å². The molecule has 1 aliphatic heterocycles. The van der Waals surface area contributed by atoms with Gasteiger partial charge in [0.2, 0.25) is 0 Å². The van der Waals surface area contributed by atoms with Gasteiger partial charge in [-0.3, -0.25) is 4.90 Å². The van der Waals surface area contributed by atoms with E-state index >= 15 is 0 Å². The molecule has 1 aliphatic carbocycles. The molecule has 5 rings (SSSR count). The number of rotatable bonds is 14. The number of benzene rings is 1. The Bertz CT molecular complexity index is 1690. The summed E-state index contributed by atoms with van der Waals surface area (Å²) in [6.45, 7) is 4.70. The van der Waals surface area contributed by atoms with E-state index in [4.69, 9.17) is 29.7 Å². The number of aromatic nitrogens is 2. The number of aryl methyl sites for hydroxylation is 1. The van der Waals surface area contributed by atoms with Gasteiger partial charge >= 0.3 is 23.9 Å². The minimum Gasteiger partial charge on any atom is -0.493 e. The molecule has 1 saturated heterocycles. The summed E-state index contributed by atoms with van der Waals surface area (Å²) in [7, 11) is 6.13. The summed E-state index contributed by atoms with van der Waals surface area (Å²) in [5, 5.41) is 46.1. The quantitative estimate of drug-likeness (QED) is 0.173. The van der Waals surface area contributed by atoms with Crippen molar-refractivity contribution in [1.29, 1.82) is 5.26 Å². The number of hydrogen-bond donors (Lipinski definition) is 4. The second kappa shape index (κ2) is 19.7. The van der Waals surface area contributed by atoms with Crippen LogP contribution in [0.3, 0.4) is 0 Å². The van der Waals surface area contributed by atoms with Crippen molar-refractivity contribution in [3.63, 3.8) is 0 Å². The maximum Gasteiger partial charge on any atom is 0.328 e. The summed E-state index contributed by atoms with van der Waals surface area (Å²) < 4.78 is 14.1. The monoisotopic (exact) mass is 707 g/mol. The van der Waals surface area contributed by atoms with Gasteiger partial charge in [-0.2, -0.15) is 5.26 Å². The maximum atomic E-state index is 9.55. The van der Waals surface area contributed by atoms with Crippen molar-refractivity contribution in [1.82, 2.24) is 19.5 Å². The average Bonchev–Trinajstić information content (AvgIpc) is 3.72. The van der Waals surface area contributed by atoms with Crippen molar-refractivity contribution >= 4 is 34.8 Å². The lowest BCUT2D eigenvalue weighted by Crippen LogP contribution is -2.33. The van der Waals surface area contributed by atoms with Gasteiger partial charge in [0.05, 0.1) is 17.9 Å². The largest absolute Gasteiger partial charge is 0.493 e. The fraction of sp³-hybridized carbons (Fsp3) is 0.444. The highest BCUT2D eigenvalue weighted by atomic mass is 16.5. The van der Waals surface area contributed by atoms with E-state index in [0.717, 1.165) is 85.2 Å². The number of carboxylic acids is 4. The summed E-state index contributed by atoms with van der Waals surface area (Å²) in [6.07, 6.45) is 9.30. The summed E-state index contributed by atoms with van der Waals surface area (Å²) in [6, 6.07) is 10.5. The van der Waals surface area contributed by atoms with E-state index < -0.39 is 23.9 Å². The topological polar surface area (TPSA) is 220 Å². The molecule has 15 nitrogen and oxygen atoms in total. The van der Waals surface area contributed by atoms with Crippen molar-refractivity contribution in [2.24, 2.45) is 18.9 Å². The zero-order chi connectivity index (χ0) is 37.5. The number of hydrogen-bond acceptors (Lipinski definition) is 10. The molecule has 2 fully saturated rings. The Morgan fingerprint density at radius 1 is 0.922 bits per heavy atom. The fourth-order valence-electron chi connectivity index (χ4n) is 5.48. The van der Waals surface area contributed by atoms with E-state index in [1.165, 1.54) is 31.4 Å². The molecule has 0 unspecified atom stereocenters. The lowest BCUT2D eigenvalue weighted by molar-refractivity contribution is -0.134. The van der Waals surface area contributed by atoms with Crippen LogP contribution in [-0.4, -0.2) is 97.6 Å².